The van der Waals surface area contributed by atoms with Gasteiger partial charge >= 0.3 is 0 Å². The third-order valence-electron chi connectivity index (χ3n) is 3.51. The number of ether oxygens (including phenoxy) is 1. The molecule has 0 aliphatic carbocycles. The zero-order chi connectivity index (χ0) is 17.6. The van der Waals surface area contributed by atoms with Gasteiger partial charge in [-0.25, -0.2) is 15.0 Å². The van der Waals surface area contributed by atoms with Gasteiger partial charge in [-0.1, -0.05) is 18.2 Å². The van der Waals surface area contributed by atoms with Gasteiger partial charge in [0.2, 0.25) is 5.95 Å². The Morgan fingerprint density at radius 3 is 2.81 bits per heavy atom. The van der Waals surface area contributed by atoms with E-state index >= 15 is 0 Å². The second kappa shape index (κ2) is 7.43. The topological polar surface area (TPSA) is 114 Å². The molecular weight excluding hydrogens is 332 g/mol. The summed E-state index contributed by atoms with van der Waals surface area (Å²) in [4.78, 5) is 24.1. The number of para-hydroxylation sites is 1. The van der Waals surface area contributed by atoms with Crippen LogP contribution in [0.1, 0.15) is 0 Å². The molecule has 0 fully saturated rings. The van der Waals surface area contributed by atoms with Crippen molar-refractivity contribution < 1.29 is 4.74 Å². The summed E-state index contributed by atoms with van der Waals surface area (Å²) in [6, 6.07) is 11.4. The van der Waals surface area contributed by atoms with Crippen LogP contribution in [0.15, 0.2) is 55.2 Å². The molecule has 0 radical (unpaired) electrons. The molecule has 1 aromatic carbocycles. The number of aromatic amines is 1. The molecule has 0 amide bonds. The molecule has 0 unspecified atom stereocenters. The molecule has 0 atom stereocenters. The fourth-order valence-electron chi connectivity index (χ4n) is 2.35. The van der Waals surface area contributed by atoms with Crippen LogP contribution in [-0.4, -0.2) is 43.1 Å². The Hall–Kier alpha value is -3.75. The number of aromatic nitrogens is 6. The first kappa shape index (κ1) is 15.8. The molecule has 3 N–H and O–H groups in total. The zero-order valence-corrected chi connectivity index (χ0v) is 13.8. The van der Waals surface area contributed by atoms with E-state index in [4.69, 9.17) is 4.74 Å². The molecule has 3 heterocycles. The highest BCUT2D eigenvalue weighted by Crippen LogP contribution is 2.20. The van der Waals surface area contributed by atoms with E-state index < -0.39 is 0 Å². The lowest BCUT2D eigenvalue weighted by Gasteiger charge is -2.10. The summed E-state index contributed by atoms with van der Waals surface area (Å²) in [7, 11) is 0. The van der Waals surface area contributed by atoms with E-state index in [1.54, 1.807) is 18.6 Å². The van der Waals surface area contributed by atoms with Crippen LogP contribution in [0.4, 0.5) is 17.6 Å². The number of hydrogen-bond acceptors (Lipinski definition) is 8. The average molecular weight is 348 g/mol. The molecule has 130 valence electrons. The van der Waals surface area contributed by atoms with Crippen LogP contribution in [0.3, 0.4) is 0 Å². The monoisotopic (exact) mass is 348 g/mol. The van der Waals surface area contributed by atoms with Crippen LogP contribution in [0, 0.1) is 0 Å². The molecule has 3 aromatic heterocycles. The number of H-pyrrole nitrogens is 1. The van der Waals surface area contributed by atoms with Crippen molar-refractivity contribution in [3.05, 3.63) is 55.2 Å². The number of rotatable bonds is 7. The van der Waals surface area contributed by atoms with Crippen LogP contribution in [0.5, 0.6) is 5.75 Å². The first-order valence-electron chi connectivity index (χ1n) is 8.04. The lowest BCUT2D eigenvalue weighted by molar-refractivity contribution is 0.333. The van der Waals surface area contributed by atoms with Crippen LogP contribution < -0.4 is 15.4 Å². The number of anilines is 3. The second-order valence-corrected chi connectivity index (χ2v) is 5.30. The number of hydrogen-bond donors (Lipinski definition) is 3. The van der Waals surface area contributed by atoms with E-state index in [0.717, 1.165) is 11.3 Å². The fraction of sp³-hybridized carbons (Fsp3) is 0.118. The van der Waals surface area contributed by atoms with Gasteiger partial charge in [0, 0.05) is 6.20 Å². The lowest BCUT2D eigenvalue weighted by Crippen LogP contribution is -2.13. The highest BCUT2D eigenvalue weighted by molar-refractivity contribution is 5.84. The van der Waals surface area contributed by atoms with E-state index in [-0.39, 0.29) is 0 Å². The van der Waals surface area contributed by atoms with Gasteiger partial charge in [-0.15, -0.1) is 0 Å². The maximum atomic E-state index is 5.68. The minimum Gasteiger partial charge on any atom is -0.492 e. The Labute approximate surface area is 148 Å². The third kappa shape index (κ3) is 3.66. The Bertz CT molecular complexity index is 974. The number of benzene rings is 1. The predicted molar refractivity (Wildman–Crippen MR) is 97.4 cm³/mol. The highest BCUT2D eigenvalue weighted by atomic mass is 16.5. The Morgan fingerprint density at radius 1 is 1.04 bits per heavy atom. The van der Waals surface area contributed by atoms with Crippen molar-refractivity contribution in [2.75, 3.05) is 23.8 Å². The maximum absolute atomic E-state index is 5.68. The van der Waals surface area contributed by atoms with Gasteiger partial charge in [-0.2, -0.15) is 9.97 Å². The van der Waals surface area contributed by atoms with Crippen molar-refractivity contribution in [1.82, 2.24) is 29.9 Å². The summed E-state index contributed by atoms with van der Waals surface area (Å²) in [5, 5.41) is 6.29. The van der Waals surface area contributed by atoms with Crippen molar-refractivity contribution in [1.29, 1.82) is 0 Å². The lowest BCUT2D eigenvalue weighted by atomic mass is 10.3. The standard InChI is InChI=1S/C17H16N8O/c1-2-4-12(5-3-1)26-9-8-19-15-14-16(22-11-21-14)25-17(24-15)23-13-6-7-18-10-20-13/h1-7,10-11H,8-9H2,(H3,18,19,20,21,22,23,24,25). The summed E-state index contributed by atoms with van der Waals surface area (Å²) in [6.07, 6.45) is 4.68. The molecule has 0 saturated heterocycles. The number of fused-ring (bicyclic) bond motifs is 1. The summed E-state index contributed by atoms with van der Waals surface area (Å²) in [5.41, 5.74) is 1.29. The number of nitrogens with one attached hydrogen (secondary N) is 3. The molecule has 4 rings (SSSR count). The Balaban J connectivity index is 1.46. The molecule has 0 bridgehead atoms. The van der Waals surface area contributed by atoms with Crippen molar-refractivity contribution >= 4 is 28.7 Å². The van der Waals surface area contributed by atoms with Gasteiger partial charge in [0.15, 0.2) is 11.5 Å². The van der Waals surface area contributed by atoms with Crippen molar-refractivity contribution in [3.8, 4) is 5.75 Å². The average Bonchev–Trinajstić information content (AvgIpc) is 3.15. The second-order valence-electron chi connectivity index (χ2n) is 5.30. The molecular formula is C17H16N8O. The molecule has 4 aromatic rings. The summed E-state index contributed by atoms with van der Waals surface area (Å²) in [5.74, 6) is 2.47. The van der Waals surface area contributed by atoms with Crippen molar-refractivity contribution in [2.45, 2.75) is 0 Å². The van der Waals surface area contributed by atoms with Gasteiger partial charge < -0.3 is 20.4 Å². The van der Waals surface area contributed by atoms with Crippen molar-refractivity contribution in [2.24, 2.45) is 0 Å². The van der Waals surface area contributed by atoms with E-state index in [1.807, 2.05) is 30.3 Å². The molecule has 0 aliphatic rings. The van der Waals surface area contributed by atoms with E-state index in [0.29, 0.717) is 36.4 Å². The number of nitrogens with zero attached hydrogens (tertiary/aromatic N) is 5. The van der Waals surface area contributed by atoms with Gasteiger partial charge in [-0.05, 0) is 18.2 Å². The van der Waals surface area contributed by atoms with Crippen LogP contribution in [0.2, 0.25) is 0 Å². The van der Waals surface area contributed by atoms with Gasteiger partial charge in [0.1, 0.15) is 30.0 Å². The molecule has 9 nitrogen and oxygen atoms in total. The molecule has 0 saturated carbocycles. The summed E-state index contributed by atoms with van der Waals surface area (Å²) < 4.78 is 5.68. The maximum Gasteiger partial charge on any atom is 0.232 e. The Morgan fingerprint density at radius 2 is 1.96 bits per heavy atom. The summed E-state index contributed by atoms with van der Waals surface area (Å²) >= 11 is 0. The molecule has 9 heteroatoms. The van der Waals surface area contributed by atoms with Crippen LogP contribution in [0.25, 0.3) is 11.2 Å². The first-order valence-corrected chi connectivity index (χ1v) is 8.04. The number of imidazole rings is 1. The van der Waals surface area contributed by atoms with E-state index in [9.17, 15) is 0 Å². The minimum atomic E-state index is 0.398. The van der Waals surface area contributed by atoms with Crippen LogP contribution in [-0.2, 0) is 0 Å². The molecule has 0 spiro atoms. The quantitative estimate of drug-likeness (QED) is 0.436. The third-order valence-corrected chi connectivity index (χ3v) is 3.51. The van der Waals surface area contributed by atoms with Crippen molar-refractivity contribution in [3.63, 3.8) is 0 Å². The largest absolute Gasteiger partial charge is 0.492 e. The van der Waals surface area contributed by atoms with Gasteiger partial charge in [-0.3, -0.25) is 0 Å². The Kier molecular flexibility index (Phi) is 4.50. The SMILES string of the molecule is c1ccc(OCCNc2nc(Nc3ccncn3)nc3nc[nH]c23)cc1. The van der Waals surface area contributed by atoms with Gasteiger partial charge in [0.05, 0.1) is 12.9 Å². The van der Waals surface area contributed by atoms with Crippen LogP contribution >= 0.6 is 0 Å². The van der Waals surface area contributed by atoms with E-state index in [1.165, 1.54) is 6.33 Å². The predicted octanol–water partition coefficient (Wildman–Crippen LogP) is 2.38. The zero-order valence-electron chi connectivity index (χ0n) is 13.8. The highest BCUT2D eigenvalue weighted by Gasteiger charge is 2.10. The van der Waals surface area contributed by atoms with Gasteiger partial charge in [0.25, 0.3) is 0 Å². The minimum absolute atomic E-state index is 0.398. The van der Waals surface area contributed by atoms with E-state index in [2.05, 4.69) is 40.5 Å². The normalized spacial score (nSPS) is 10.6. The molecule has 0 aliphatic heterocycles. The smallest absolute Gasteiger partial charge is 0.232 e. The fourth-order valence-corrected chi connectivity index (χ4v) is 2.35. The first-order chi connectivity index (χ1) is 12.9. The molecule has 26 heavy (non-hydrogen) atoms. The summed E-state index contributed by atoms with van der Waals surface area (Å²) in [6.45, 7) is 1.07.